The molecule has 0 aliphatic carbocycles. The summed E-state index contributed by atoms with van der Waals surface area (Å²) in [4.78, 5) is 0.209. The molecule has 0 saturated carbocycles. The molecule has 1 unspecified atom stereocenters. The highest BCUT2D eigenvalue weighted by molar-refractivity contribution is 7.89. The molecule has 1 atom stereocenters. The molecule has 2 heterocycles. The van der Waals surface area contributed by atoms with Gasteiger partial charge in [0, 0.05) is 13.6 Å². The van der Waals surface area contributed by atoms with E-state index < -0.39 is 15.6 Å². The fourth-order valence-electron chi connectivity index (χ4n) is 2.73. The van der Waals surface area contributed by atoms with Crippen molar-refractivity contribution in [2.75, 3.05) is 19.6 Å². The van der Waals surface area contributed by atoms with Gasteiger partial charge in [0.05, 0.1) is 17.0 Å². The average molecular weight is 316 g/mol. The minimum absolute atomic E-state index is 0.0325. The minimum atomic E-state index is -3.66. The fraction of sp³-hybridized carbons (Fsp3) is 0.769. The summed E-state index contributed by atoms with van der Waals surface area (Å²) in [5.41, 5.74) is 0.0761. The zero-order valence-electron chi connectivity index (χ0n) is 12.8. The third-order valence-corrected chi connectivity index (χ3v) is 5.72. The van der Waals surface area contributed by atoms with Gasteiger partial charge < -0.3 is 10.4 Å². The molecule has 0 radical (unpaired) electrons. The summed E-state index contributed by atoms with van der Waals surface area (Å²) in [7, 11) is -1.95. The van der Waals surface area contributed by atoms with Crippen LogP contribution in [0.3, 0.4) is 0 Å². The van der Waals surface area contributed by atoms with Gasteiger partial charge >= 0.3 is 0 Å². The molecular formula is C13H24N4O3S. The van der Waals surface area contributed by atoms with Gasteiger partial charge in [-0.25, -0.2) is 13.1 Å². The molecule has 0 bridgehead atoms. The lowest BCUT2D eigenvalue weighted by molar-refractivity contribution is 0.0335. The van der Waals surface area contributed by atoms with E-state index >= 15 is 0 Å². The number of nitrogens with one attached hydrogen (secondary N) is 2. The van der Waals surface area contributed by atoms with Gasteiger partial charge in [-0.3, -0.25) is 4.68 Å². The van der Waals surface area contributed by atoms with Gasteiger partial charge in [-0.05, 0) is 46.2 Å². The predicted molar refractivity (Wildman–Crippen MR) is 79.5 cm³/mol. The Hall–Kier alpha value is -0.960. The summed E-state index contributed by atoms with van der Waals surface area (Å²) < 4.78 is 29.0. The second-order valence-electron chi connectivity index (χ2n) is 5.78. The Morgan fingerprint density at radius 2 is 2.10 bits per heavy atom. The number of aromatic nitrogens is 2. The highest BCUT2D eigenvalue weighted by Crippen LogP contribution is 2.22. The van der Waals surface area contributed by atoms with Crippen LogP contribution in [0.4, 0.5) is 0 Å². The largest absolute Gasteiger partial charge is 0.388 e. The maximum absolute atomic E-state index is 12.5. The van der Waals surface area contributed by atoms with Crippen LogP contribution in [0.2, 0.25) is 0 Å². The Morgan fingerprint density at radius 3 is 2.71 bits per heavy atom. The van der Waals surface area contributed by atoms with Crippen LogP contribution < -0.4 is 10.0 Å². The van der Waals surface area contributed by atoms with Crippen molar-refractivity contribution < 1.29 is 13.5 Å². The quantitative estimate of drug-likeness (QED) is 0.716. The van der Waals surface area contributed by atoms with E-state index in [1.54, 1.807) is 25.6 Å². The van der Waals surface area contributed by atoms with Crippen LogP contribution in [-0.2, 0) is 17.1 Å². The average Bonchev–Trinajstić information content (AvgIpc) is 2.56. The maximum atomic E-state index is 12.5. The van der Waals surface area contributed by atoms with E-state index in [2.05, 4.69) is 15.1 Å². The van der Waals surface area contributed by atoms with Gasteiger partial charge in [-0.15, -0.1) is 0 Å². The molecule has 1 aromatic rings. The summed E-state index contributed by atoms with van der Waals surface area (Å²) in [5.74, 6) is 0. The number of aliphatic hydroxyl groups is 1. The number of hydrogen-bond donors (Lipinski definition) is 3. The number of rotatable bonds is 4. The molecule has 0 spiro atoms. The lowest BCUT2D eigenvalue weighted by Crippen LogP contribution is -2.43. The molecule has 120 valence electrons. The summed E-state index contributed by atoms with van der Waals surface area (Å²) in [5, 5.41) is 17.8. The van der Waals surface area contributed by atoms with Crippen molar-refractivity contribution in [1.82, 2.24) is 19.8 Å². The number of hydrogen-bond acceptors (Lipinski definition) is 5. The van der Waals surface area contributed by atoms with Crippen LogP contribution in [0.1, 0.15) is 30.7 Å². The third-order valence-electron chi connectivity index (χ3n) is 4.07. The molecule has 0 amide bonds. The van der Waals surface area contributed by atoms with Crippen molar-refractivity contribution in [3.8, 4) is 0 Å². The van der Waals surface area contributed by atoms with E-state index in [9.17, 15) is 13.5 Å². The van der Waals surface area contributed by atoms with Crippen molar-refractivity contribution in [3.63, 3.8) is 0 Å². The Kier molecular flexibility index (Phi) is 4.72. The minimum Gasteiger partial charge on any atom is -0.388 e. The summed E-state index contributed by atoms with van der Waals surface area (Å²) in [6.45, 7) is 4.98. The molecule has 1 saturated heterocycles. The van der Waals surface area contributed by atoms with Crippen LogP contribution in [0, 0.1) is 13.8 Å². The SMILES string of the molecule is Cc1nn(C)c(C)c1S(=O)(=O)NCC1(O)CCCNCC1. The Balaban J connectivity index is 2.14. The molecule has 1 aliphatic rings. The van der Waals surface area contributed by atoms with Crippen LogP contribution in [0.15, 0.2) is 4.90 Å². The first-order valence-corrected chi connectivity index (χ1v) is 8.66. The third kappa shape index (κ3) is 3.63. The smallest absolute Gasteiger partial charge is 0.244 e. The molecular weight excluding hydrogens is 292 g/mol. The van der Waals surface area contributed by atoms with E-state index in [4.69, 9.17) is 0 Å². The van der Waals surface area contributed by atoms with Crippen molar-refractivity contribution >= 4 is 10.0 Å². The van der Waals surface area contributed by atoms with Crippen molar-refractivity contribution in [2.45, 2.75) is 43.6 Å². The van der Waals surface area contributed by atoms with E-state index in [1.807, 2.05) is 0 Å². The van der Waals surface area contributed by atoms with E-state index in [1.165, 1.54) is 0 Å². The Morgan fingerprint density at radius 1 is 1.38 bits per heavy atom. The molecule has 1 fully saturated rings. The van der Waals surface area contributed by atoms with E-state index in [0.717, 1.165) is 13.0 Å². The van der Waals surface area contributed by atoms with Gasteiger partial charge in [-0.2, -0.15) is 5.10 Å². The van der Waals surface area contributed by atoms with Crippen LogP contribution in [0.25, 0.3) is 0 Å². The van der Waals surface area contributed by atoms with E-state index in [0.29, 0.717) is 30.8 Å². The molecule has 21 heavy (non-hydrogen) atoms. The van der Waals surface area contributed by atoms with Crippen LogP contribution >= 0.6 is 0 Å². The zero-order valence-corrected chi connectivity index (χ0v) is 13.6. The number of aryl methyl sites for hydroxylation is 2. The molecule has 1 aliphatic heterocycles. The molecule has 1 aromatic heterocycles. The van der Waals surface area contributed by atoms with Gasteiger partial charge in [-0.1, -0.05) is 0 Å². The molecule has 8 heteroatoms. The zero-order chi connectivity index (χ0) is 15.7. The lowest BCUT2D eigenvalue weighted by Gasteiger charge is -2.26. The predicted octanol–water partition coefficient (Wildman–Crippen LogP) is -0.180. The first kappa shape index (κ1) is 16.4. The fourth-order valence-corrected chi connectivity index (χ4v) is 4.29. The standard InChI is InChI=1S/C13H24N4O3S/c1-10-12(11(2)17(3)16-10)21(19,20)15-9-13(18)5-4-7-14-8-6-13/h14-15,18H,4-9H2,1-3H3. The van der Waals surface area contributed by atoms with E-state index in [-0.39, 0.29) is 11.4 Å². The summed E-state index contributed by atoms with van der Waals surface area (Å²) in [6.07, 6.45) is 1.97. The first-order valence-electron chi connectivity index (χ1n) is 7.18. The molecule has 2 rings (SSSR count). The molecule has 3 N–H and O–H groups in total. The number of nitrogens with zero attached hydrogens (tertiary/aromatic N) is 2. The summed E-state index contributed by atoms with van der Waals surface area (Å²) >= 11 is 0. The second-order valence-corrected chi connectivity index (χ2v) is 7.48. The second kappa shape index (κ2) is 6.04. The Labute approximate surface area is 125 Å². The topological polar surface area (TPSA) is 96.2 Å². The normalized spacial score (nSPS) is 24.0. The lowest BCUT2D eigenvalue weighted by atomic mass is 9.95. The highest BCUT2D eigenvalue weighted by Gasteiger charge is 2.31. The van der Waals surface area contributed by atoms with Crippen molar-refractivity contribution in [1.29, 1.82) is 0 Å². The highest BCUT2D eigenvalue weighted by atomic mass is 32.2. The van der Waals surface area contributed by atoms with Gasteiger partial charge in [0.25, 0.3) is 0 Å². The number of sulfonamides is 1. The monoisotopic (exact) mass is 316 g/mol. The Bertz CT molecular complexity index is 601. The molecule has 7 nitrogen and oxygen atoms in total. The van der Waals surface area contributed by atoms with Crippen molar-refractivity contribution in [3.05, 3.63) is 11.4 Å². The van der Waals surface area contributed by atoms with Crippen molar-refractivity contribution in [2.24, 2.45) is 7.05 Å². The first-order chi connectivity index (χ1) is 9.75. The van der Waals surface area contributed by atoms with Gasteiger partial charge in [0.2, 0.25) is 10.0 Å². The van der Waals surface area contributed by atoms with Gasteiger partial charge in [0.1, 0.15) is 4.90 Å². The van der Waals surface area contributed by atoms with Crippen LogP contribution in [0.5, 0.6) is 0 Å². The van der Waals surface area contributed by atoms with Gasteiger partial charge in [0.15, 0.2) is 0 Å². The maximum Gasteiger partial charge on any atom is 0.244 e. The molecule has 0 aromatic carbocycles. The van der Waals surface area contributed by atoms with Crippen LogP contribution in [-0.4, -0.2) is 48.5 Å². The summed E-state index contributed by atoms with van der Waals surface area (Å²) in [6, 6.07) is 0.